The zero-order valence-corrected chi connectivity index (χ0v) is 20.8. The van der Waals surface area contributed by atoms with Crippen LogP contribution in [0.15, 0.2) is 36.5 Å². The van der Waals surface area contributed by atoms with E-state index in [1.54, 1.807) is 23.5 Å². The number of benzene rings is 2. The van der Waals surface area contributed by atoms with Gasteiger partial charge in [-0.15, -0.1) is 11.3 Å². The molecule has 0 aliphatic heterocycles. The van der Waals surface area contributed by atoms with Crippen molar-refractivity contribution in [2.75, 3.05) is 18.4 Å². The normalized spacial score (nSPS) is 11.3. The Bertz CT molecular complexity index is 985. The van der Waals surface area contributed by atoms with Crippen LogP contribution in [0.2, 0.25) is 25.1 Å². The SMILES string of the molecule is CCCN(CCc1ccc(Cl)c(Cl)c1)Cc1cnc(Nc2c(Cl)cc(Cl)cc2Cl)s1. The third-order valence-electron chi connectivity index (χ3n) is 4.41. The van der Waals surface area contributed by atoms with Gasteiger partial charge >= 0.3 is 0 Å². The Hall–Kier alpha value is -0.720. The lowest BCUT2D eigenvalue weighted by Crippen LogP contribution is -2.26. The van der Waals surface area contributed by atoms with Gasteiger partial charge in [-0.1, -0.05) is 71.0 Å². The van der Waals surface area contributed by atoms with Gasteiger partial charge in [0.1, 0.15) is 0 Å². The lowest BCUT2D eigenvalue weighted by atomic mass is 10.1. The number of anilines is 2. The molecule has 160 valence electrons. The second kappa shape index (κ2) is 11.2. The van der Waals surface area contributed by atoms with Crippen molar-refractivity contribution >= 4 is 80.2 Å². The summed E-state index contributed by atoms with van der Waals surface area (Å²) in [4.78, 5) is 8.03. The minimum Gasteiger partial charge on any atom is -0.329 e. The maximum atomic E-state index is 6.26. The first-order chi connectivity index (χ1) is 14.4. The zero-order valence-electron chi connectivity index (χ0n) is 16.2. The summed E-state index contributed by atoms with van der Waals surface area (Å²) in [5.41, 5.74) is 1.78. The van der Waals surface area contributed by atoms with Crippen molar-refractivity contribution in [3.8, 4) is 0 Å². The summed E-state index contributed by atoms with van der Waals surface area (Å²) < 4.78 is 0. The summed E-state index contributed by atoms with van der Waals surface area (Å²) in [6, 6.07) is 9.10. The summed E-state index contributed by atoms with van der Waals surface area (Å²) in [6.45, 7) is 4.91. The molecular weight excluding hydrogens is 504 g/mol. The second-order valence-corrected chi connectivity index (χ2v) is 9.96. The maximum absolute atomic E-state index is 6.26. The third-order valence-corrected chi connectivity index (χ3v) is 6.86. The molecule has 0 aliphatic carbocycles. The number of hydrogen-bond acceptors (Lipinski definition) is 4. The molecule has 3 rings (SSSR count). The van der Waals surface area contributed by atoms with Crippen LogP contribution in [0.25, 0.3) is 0 Å². The van der Waals surface area contributed by atoms with E-state index in [0.717, 1.165) is 42.5 Å². The van der Waals surface area contributed by atoms with Crippen molar-refractivity contribution in [3.63, 3.8) is 0 Å². The van der Waals surface area contributed by atoms with Crippen LogP contribution < -0.4 is 5.32 Å². The van der Waals surface area contributed by atoms with Crippen LogP contribution >= 0.6 is 69.3 Å². The minimum absolute atomic E-state index is 0.457. The number of nitrogens with one attached hydrogen (secondary N) is 1. The van der Waals surface area contributed by atoms with Crippen molar-refractivity contribution in [1.29, 1.82) is 0 Å². The Morgan fingerprint density at radius 2 is 1.67 bits per heavy atom. The predicted octanol–water partition coefficient (Wildman–Crippen LogP) is 8.61. The van der Waals surface area contributed by atoms with E-state index < -0.39 is 0 Å². The lowest BCUT2D eigenvalue weighted by molar-refractivity contribution is 0.271. The van der Waals surface area contributed by atoms with Gasteiger partial charge in [-0.05, 0) is 49.2 Å². The van der Waals surface area contributed by atoms with E-state index in [1.807, 2.05) is 24.4 Å². The van der Waals surface area contributed by atoms with E-state index in [2.05, 4.69) is 22.1 Å². The van der Waals surface area contributed by atoms with Gasteiger partial charge in [-0.2, -0.15) is 0 Å². The van der Waals surface area contributed by atoms with E-state index in [9.17, 15) is 0 Å². The fourth-order valence-corrected chi connectivity index (χ4v) is 5.09. The van der Waals surface area contributed by atoms with Crippen molar-refractivity contribution < 1.29 is 0 Å². The summed E-state index contributed by atoms with van der Waals surface area (Å²) in [5, 5.41) is 6.51. The average molecular weight is 524 g/mol. The molecule has 0 spiro atoms. The Balaban J connectivity index is 1.64. The fourth-order valence-electron chi connectivity index (χ4n) is 3.00. The molecule has 0 amide bonds. The molecule has 0 radical (unpaired) electrons. The first kappa shape index (κ1) is 23.9. The van der Waals surface area contributed by atoms with Crippen LogP contribution in [-0.4, -0.2) is 23.0 Å². The van der Waals surface area contributed by atoms with Crippen LogP contribution in [0, 0.1) is 0 Å². The average Bonchev–Trinajstić information content (AvgIpc) is 3.12. The zero-order chi connectivity index (χ0) is 21.7. The van der Waals surface area contributed by atoms with Crippen LogP contribution in [0.3, 0.4) is 0 Å². The molecule has 1 N–H and O–H groups in total. The Morgan fingerprint density at radius 1 is 0.933 bits per heavy atom. The molecule has 0 saturated carbocycles. The smallest absolute Gasteiger partial charge is 0.187 e. The molecule has 2 aromatic carbocycles. The van der Waals surface area contributed by atoms with Crippen LogP contribution in [-0.2, 0) is 13.0 Å². The van der Waals surface area contributed by atoms with E-state index >= 15 is 0 Å². The van der Waals surface area contributed by atoms with Gasteiger partial charge in [0.15, 0.2) is 5.13 Å². The van der Waals surface area contributed by atoms with Crippen LogP contribution in [0.5, 0.6) is 0 Å². The highest BCUT2D eigenvalue weighted by Crippen LogP contribution is 2.36. The van der Waals surface area contributed by atoms with Gasteiger partial charge < -0.3 is 5.32 Å². The van der Waals surface area contributed by atoms with Gasteiger partial charge in [0.05, 0.1) is 25.8 Å². The standard InChI is InChI=1S/C21H20Cl5N3S/c1-2-6-29(7-5-13-3-4-16(23)17(24)8-13)12-15-11-27-21(30-15)28-20-18(25)9-14(22)10-19(20)26/h3-4,8-11H,2,5-7,12H2,1H3,(H,27,28). The van der Waals surface area contributed by atoms with Crippen molar-refractivity contribution in [2.24, 2.45) is 0 Å². The topological polar surface area (TPSA) is 28.2 Å². The number of nitrogens with zero attached hydrogens (tertiary/aromatic N) is 2. The van der Waals surface area contributed by atoms with E-state index in [0.29, 0.717) is 30.8 Å². The predicted molar refractivity (Wildman–Crippen MR) is 133 cm³/mol. The van der Waals surface area contributed by atoms with Crippen molar-refractivity contribution in [1.82, 2.24) is 9.88 Å². The highest BCUT2D eigenvalue weighted by atomic mass is 35.5. The van der Waals surface area contributed by atoms with Gasteiger partial charge in [0.25, 0.3) is 0 Å². The third kappa shape index (κ3) is 6.64. The molecule has 3 aromatic rings. The van der Waals surface area contributed by atoms with Gasteiger partial charge in [0.2, 0.25) is 0 Å². The van der Waals surface area contributed by atoms with E-state index in [1.165, 1.54) is 5.56 Å². The molecular formula is C21H20Cl5N3S. The first-order valence-electron chi connectivity index (χ1n) is 9.38. The molecule has 1 aromatic heterocycles. The summed E-state index contributed by atoms with van der Waals surface area (Å²) >= 11 is 32.2. The molecule has 0 bridgehead atoms. The van der Waals surface area contributed by atoms with Gasteiger partial charge in [0, 0.05) is 29.2 Å². The number of aromatic nitrogens is 1. The lowest BCUT2D eigenvalue weighted by Gasteiger charge is -2.20. The summed E-state index contributed by atoms with van der Waals surface area (Å²) in [5.74, 6) is 0. The Morgan fingerprint density at radius 3 is 2.33 bits per heavy atom. The molecule has 0 aliphatic rings. The van der Waals surface area contributed by atoms with Gasteiger partial charge in [-0.3, -0.25) is 4.90 Å². The molecule has 0 atom stereocenters. The van der Waals surface area contributed by atoms with Crippen molar-refractivity contribution in [3.05, 3.63) is 72.1 Å². The first-order valence-corrected chi connectivity index (χ1v) is 12.1. The quantitative estimate of drug-likeness (QED) is 0.304. The number of rotatable bonds is 9. The number of halogens is 5. The highest BCUT2D eigenvalue weighted by molar-refractivity contribution is 7.15. The molecule has 3 nitrogen and oxygen atoms in total. The Labute approximate surface area is 205 Å². The largest absolute Gasteiger partial charge is 0.329 e. The molecule has 0 saturated heterocycles. The molecule has 1 heterocycles. The van der Waals surface area contributed by atoms with E-state index in [-0.39, 0.29) is 0 Å². The van der Waals surface area contributed by atoms with Gasteiger partial charge in [-0.25, -0.2) is 4.98 Å². The highest BCUT2D eigenvalue weighted by Gasteiger charge is 2.13. The maximum Gasteiger partial charge on any atom is 0.187 e. The molecule has 0 fully saturated rings. The summed E-state index contributed by atoms with van der Waals surface area (Å²) in [6.07, 6.45) is 3.85. The number of hydrogen-bond donors (Lipinski definition) is 1. The van der Waals surface area contributed by atoms with Crippen LogP contribution in [0.4, 0.5) is 10.8 Å². The van der Waals surface area contributed by atoms with Crippen LogP contribution in [0.1, 0.15) is 23.8 Å². The minimum atomic E-state index is 0.457. The molecule has 30 heavy (non-hydrogen) atoms. The Kier molecular flexibility index (Phi) is 8.96. The fraction of sp³-hybridized carbons (Fsp3) is 0.286. The van der Waals surface area contributed by atoms with E-state index in [4.69, 9.17) is 58.0 Å². The monoisotopic (exact) mass is 521 g/mol. The number of thiazole rings is 1. The summed E-state index contributed by atoms with van der Waals surface area (Å²) in [7, 11) is 0. The molecule has 9 heteroatoms. The second-order valence-electron chi connectivity index (χ2n) is 6.78. The van der Waals surface area contributed by atoms with Crippen molar-refractivity contribution in [2.45, 2.75) is 26.3 Å². The molecule has 0 unspecified atom stereocenters.